The summed E-state index contributed by atoms with van der Waals surface area (Å²) in [6.45, 7) is 1.93. The standard InChI is InChI=1S/C23H32ClFN4O3/c24-16-3-2-15(7-17(16)25)32-12-21(30)29-23-8-14(9-23)20(10-23)28-22(31)19-4-1-13-11-26-6-5-18(13)27-19/h2-3,7,13-14,18-20,22,26-28,31H,1,4-6,8-12H2,(H,29,30). The number of aliphatic hydroxyl groups is 1. The minimum absolute atomic E-state index is 0.0203. The largest absolute Gasteiger partial charge is 0.484 e. The number of piperidine rings is 2. The molecule has 6 rings (SSSR count). The van der Waals surface area contributed by atoms with Crippen LogP contribution in [-0.4, -0.2) is 60.6 Å². The number of aliphatic hydroxyl groups excluding tert-OH is 1. The molecule has 5 N–H and O–H groups in total. The van der Waals surface area contributed by atoms with Gasteiger partial charge in [0.2, 0.25) is 0 Å². The van der Waals surface area contributed by atoms with E-state index in [1.54, 1.807) is 6.07 Å². The maximum atomic E-state index is 13.5. The van der Waals surface area contributed by atoms with Crippen LogP contribution in [0.3, 0.4) is 0 Å². The van der Waals surface area contributed by atoms with Crippen LogP contribution in [0.15, 0.2) is 18.2 Å². The van der Waals surface area contributed by atoms with Crippen molar-refractivity contribution in [3.63, 3.8) is 0 Å². The second-order valence-electron chi connectivity index (χ2n) is 9.99. The number of hydrogen-bond acceptors (Lipinski definition) is 6. The van der Waals surface area contributed by atoms with Crippen LogP contribution >= 0.6 is 11.6 Å². The molecule has 7 nitrogen and oxygen atoms in total. The van der Waals surface area contributed by atoms with E-state index in [-0.39, 0.29) is 40.9 Å². The molecule has 0 aromatic heterocycles. The average Bonchev–Trinajstić information content (AvgIpc) is 3.27. The van der Waals surface area contributed by atoms with Gasteiger partial charge in [-0.2, -0.15) is 0 Å². The molecule has 1 amide bonds. The van der Waals surface area contributed by atoms with Gasteiger partial charge < -0.3 is 25.8 Å². The van der Waals surface area contributed by atoms with Crippen molar-refractivity contribution in [1.82, 2.24) is 21.3 Å². The predicted molar refractivity (Wildman–Crippen MR) is 119 cm³/mol. The van der Waals surface area contributed by atoms with Gasteiger partial charge in [-0.3, -0.25) is 10.1 Å². The zero-order valence-electron chi connectivity index (χ0n) is 18.1. The third-order valence-corrected chi connectivity index (χ3v) is 8.11. The molecular weight excluding hydrogens is 435 g/mol. The maximum absolute atomic E-state index is 13.5. The van der Waals surface area contributed by atoms with Gasteiger partial charge >= 0.3 is 0 Å². The molecule has 2 aliphatic heterocycles. The first-order valence-electron chi connectivity index (χ1n) is 11.7. The van der Waals surface area contributed by atoms with E-state index in [4.69, 9.17) is 16.3 Å². The van der Waals surface area contributed by atoms with Gasteiger partial charge in [-0.25, -0.2) is 4.39 Å². The number of nitrogens with one attached hydrogen (secondary N) is 4. The van der Waals surface area contributed by atoms with Gasteiger partial charge in [0.1, 0.15) is 17.8 Å². The van der Waals surface area contributed by atoms with Crippen LogP contribution in [-0.2, 0) is 4.79 Å². The fourth-order valence-corrected chi connectivity index (χ4v) is 6.28. The molecule has 2 saturated heterocycles. The minimum Gasteiger partial charge on any atom is -0.484 e. The van der Waals surface area contributed by atoms with Crippen molar-refractivity contribution in [3.8, 4) is 5.75 Å². The summed E-state index contributed by atoms with van der Waals surface area (Å²) in [6.07, 6.45) is 5.27. The monoisotopic (exact) mass is 466 g/mol. The fraction of sp³-hybridized carbons (Fsp3) is 0.696. The summed E-state index contributed by atoms with van der Waals surface area (Å²) in [5.41, 5.74) is -0.228. The molecule has 1 aromatic rings. The first kappa shape index (κ1) is 22.3. The SMILES string of the molecule is O=C(COc1ccc(Cl)c(F)c1)NC12CC(C1)C(NC(O)C1CCC3CNCCC3N1)C2. The molecule has 1 aromatic carbocycles. The Morgan fingerprint density at radius 1 is 1.28 bits per heavy atom. The Morgan fingerprint density at radius 3 is 2.94 bits per heavy atom. The second kappa shape index (κ2) is 9.06. The van der Waals surface area contributed by atoms with Gasteiger partial charge in [0.15, 0.2) is 6.61 Å². The fourth-order valence-electron chi connectivity index (χ4n) is 6.16. The van der Waals surface area contributed by atoms with E-state index in [0.717, 1.165) is 51.6 Å². The van der Waals surface area contributed by atoms with Crippen molar-refractivity contribution in [2.24, 2.45) is 11.8 Å². The lowest BCUT2D eigenvalue weighted by Gasteiger charge is -2.43. The van der Waals surface area contributed by atoms with E-state index < -0.39 is 12.0 Å². The molecule has 3 aliphatic carbocycles. The summed E-state index contributed by atoms with van der Waals surface area (Å²) in [5, 5.41) is 24.5. The van der Waals surface area contributed by atoms with Crippen molar-refractivity contribution < 1.29 is 19.0 Å². The Kier molecular flexibility index (Phi) is 6.33. The van der Waals surface area contributed by atoms with E-state index in [0.29, 0.717) is 17.9 Å². The van der Waals surface area contributed by atoms with Gasteiger partial charge in [0.05, 0.1) is 5.02 Å². The zero-order valence-corrected chi connectivity index (χ0v) is 18.8. The van der Waals surface area contributed by atoms with Crippen molar-refractivity contribution in [1.29, 1.82) is 0 Å². The van der Waals surface area contributed by atoms with Crippen LogP contribution in [0.1, 0.15) is 38.5 Å². The predicted octanol–water partition coefficient (Wildman–Crippen LogP) is 1.53. The number of carbonyl (C=O) groups is 1. The minimum atomic E-state index is -0.578. The smallest absolute Gasteiger partial charge is 0.258 e. The number of ether oxygens (including phenoxy) is 1. The molecule has 0 radical (unpaired) electrons. The quantitative estimate of drug-likeness (QED) is 0.391. The van der Waals surface area contributed by atoms with Gasteiger partial charge in [-0.1, -0.05) is 11.6 Å². The van der Waals surface area contributed by atoms with Crippen LogP contribution in [0.2, 0.25) is 5.02 Å². The third kappa shape index (κ3) is 4.61. The lowest BCUT2D eigenvalue weighted by atomic mass is 9.76. The Bertz CT molecular complexity index is 853. The molecule has 5 fully saturated rings. The summed E-state index contributed by atoms with van der Waals surface area (Å²) in [5.74, 6) is 0.612. The topological polar surface area (TPSA) is 94.7 Å². The summed E-state index contributed by atoms with van der Waals surface area (Å²) in [4.78, 5) is 12.4. The van der Waals surface area contributed by atoms with Crippen LogP contribution in [0, 0.1) is 17.7 Å². The Labute approximate surface area is 192 Å². The summed E-state index contributed by atoms with van der Waals surface area (Å²) >= 11 is 5.67. The number of amides is 1. The van der Waals surface area contributed by atoms with E-state index >= 15 is 0 Å². The first-order valence-corrected chi connectivity index (χ1v) is 12.1. The maximum Gasteiger partial charge on any atom is 0.258 e. The zero-order chi connectivity index (χ0) is 22.3. The highest BCUT2D eigenvalue weighted by Crippen LogP contribution is 2.52. The molecule has 2 bridgehead atoms. The van der Waals surface area contributed by atoms with Crippen molar-refractivity contribution >= 4 is 17.5 Å². The van der Waals surface area contributed by atoms with E-state index in [1.807, 2.05) is 0 Å². The summed E-state index contributed by atoms with van der Waals surface area (Å²) in [6, 6.07) is 4.89. The molecule has 5 unspecified atom stereocenters. The molecule has 5 aliphatic rings. The molecule has 5 atom stereocenters. The molecule has 176 valence electrons. The summed E-state index contributed by atoms with van der Waals surface area (Å²) in [7, 11) is 0. The van der Waals surface area contributed by atoms with Crippen molar-refractivity contribution in [3.05, 3.63) is 29.0 Å². The van der Waals surface area contributed by atoms with E-state index in [1.165, 1.54) is 12.1 Å². The first-order chi connectivity index (χ1) is 15.4. The Hall–Kier alpha value is -1.45. The number of hydrogen-bond donors (Lipinski definition) is 5. The van der Waals surface area contributed by atoms with Crippen molar-refractivity contribution in [2.45, 2.75) is 68.4 Å². The number of halogens is 2. The van der Waals surface area contributed by atoms with Crippen LogP contribution in [0.25, 0.3) is 0 Å². The number of fused-ring (bicyclic) bond motifs is 2. The highest BCUT2D eigenvalue weighted by atomic mass is 35.5. The van der Waals surface area contributed by atoms with Crippen LogP contribution in [0.4, 0.5) is 4.39 Å². The molecule has 9 heteroatoms. The van der Waals surface area contributed by atoms with Gasteiger partial charge in [0, 0.05) is 29.7 Å². The van der Waals surface area contributed by atoms with Gasteiger partial charge in [0.25, 0.3) is 5.91 Å². The summed E-state index contributed by atoms with van der Waals surface area (Å²) < 4.78 is 18.9. The molecular formula is C23H32ClFN4O3. The number of rotatable bonds is 7. The highest BCUT2D eigenvalue weighted by molar-refractivity contribution is 6.30. The molecule has 32 heavy (non-hydrogen) atoms. The molecule has 0 spiro atoms. The number of benzene rings is 1. The Balaban J connectivity index is 1.08. The van der Waals surface area contributed by atoms with E-state index in [2.05, 4.69) is 21.3 Å². The average molecular weight is 467 g/mol. The van der Waals surface area contributed by atoms with E-state index in [9.17, 15) is 14.3 Å². The normalized spacial score (nSPS) is 36.7. The van der Waals surface area contributed by atoms with Crippen molar-refractivity contribution in [2.75, 3.05) is 19.7 Å². The lowest BCUT2D eigenvalue weighted by molar-refractivity contribution is -0.125. The number of carbonyl (C=O) groups excluding carboxylic acids is 1. The lowest BCUT2D eigenvalue weighted by Crippen LogP contribution is -2.60. The molecule has 2 heterocycles. The Morgan fingerprint density at radius 2 is 2.12 bits per heavy atom. The molecule has 3 saturated carbocycles. The third-order valence-electron chi connectivity index (χ3n) is 7.80. The highest BCUT2D eigenvalue weighted by Gasteiger charge is 2.57. The van der Waals surface area contributed by atoms with Gasteiger partial charge in [-0.15, -0.1) is 0 Å². The van der Waals surface area contributed by atoms with Gasteiger partial charge in [-0.05, 0) is 75.6 Å². The van der Waals surface area contributed by atoms with Crippen LogP contribution in [0.5, 0.6) is 5.75 Å². The van der Waals surface area contributed by atoms with Crippen LogP contribution < -0.4 is 26.0 Å². The second-order valence-corrected chi connectivity index (χ2v) is 10.4.